The Kier molecular flexibility index (Phi) is 8.61. The number of benzene rings is 1. The molecule has 0 radical (unpaired) electrons. The average Bonchev–Trinajstić information content (AvgIpc) is 2.40. The topological polar surface area (TPSA) is 33.0 Å². The summed E-state index contributed by atoms with van der Waals surface area (Å²) in [6.45, 7) is 8.09. The molecular formula is C16H24FNO. The van der Waals surface area contributed by atoms with Crippen LogP contribution >= 0.6 is 0 Å². The van der Waals surface area contributed by atoms with E-state index >= 15 is 0 Å². The lowest BCUT2D eigenvalue weighted by atomic mass is 9.98. The molecule has 0 bridgehead atoms. The van der Waals surface area contributed by atoms with E-state index < -0.39 is 0 Å². The highest BCUT2D eigenvalue weighted by Gasteiger charge is 2.13. The van der Waals surface area contributed by atoms with Crippen LogP contribution in [0.2, 0.25) is 0 Å². The Bertz CT molecular complexity index is 421. The van der Waals surface area contributed by atoms with Gasteiger partial charge >= 0.3 is 0 Å². The maximum Gasteiger partial charge on any atom is 0.130 e. The van der Waals surface area contributed by atoms with E-state index in [-0.39, 0.29) is 5.82 Å². The fourth-order valence-corrected chi connectivity index (χ4v) is 1.80. The molecule has 19 heavy (non-hydrogen) atoms. The molecule has 0 saturated heterocycles. The molecule has 2 nitrogen and oxygen atoms in total. The van der Waals surface area contributed by atoms with Gasteiger partial charge in [0.15, 0.2) is 0 Å². The molecule has 1 aromatic rings. The van der Waals surface area contributed by atoms with E-state index in [0.717, 1.165) is 5.56 Å². The van der Waals surface area contributed by atoms with Crippen LogP contribution in [0.1, 0.15) is 45.2 Å². The van der Waals surface area contributed by atoms with Gasteiger partial charge in [-0.25, -0.2) is 4.39 Å². The highest BCUT2D eigenvalue weighted by molar-refractivity contribution is 5.39. The molecule has 1 aromatic carbocycles. The largest absolute Gasteiger partial charge is 0.496 e. The molecule has 0 atom stereocenters. The van der Waals surface area contributed by atoms with Crippen LogP contribution in [0.25, 0.3) is 0 Å². The van der Waals surface area contributed by atoms with Gasteiger partial charge in [0.2, 0.25) is 0 Å². The van der Waals surface area contributed by atoms with E-state index in [1.165, 1.54) is 6.07 Å². The Hall–Kier alpha value is -1.56. The van der Waals surface area contributed by atoms with Crippen molar-refractivity contribution in [1.82, 2.24) is 0 Å². The van der Waals surface area contributed by atoms with Gasteiger partial charge in [-0.15, -0.1) is 0 Å². The molecule has 0 N–H and O–H groups in total. The third-order valence-electron chi connectivity index (χ3n) is 2.57. The van der Waals surface area contributed by atoms with Crippen molar-refractivity contribution >= 4 is 0 Å². The molecule has 0 heterocycles. The van der Waals surface area contributed by atoms with Crippen molar-refractivity contribution < 1.29 is 9.13 Å². The molecule has 0 amide bonds. The summed E-state index contributed by atoms with van der Waals surface area (Å²) in [6.07, 6.45) is 1.62. The number of aryl methyl sites for hydroxylation is 1. The summed E-state index contributed by atoms with van der Waals surface area (Å²) in [4.78, 5) is 0. The first-order chi connectivity index (χ1) is 9.08. The highest BCUT2D eigenvalue weighted by atomic mass is 19.1. The van der Waals surface area contributed by atoms with Crippen molar-refractivity contribution in [3.63, 3.8) is 0 Å². The fourth-order valence-electron chi connectivity index (χ4n) is 1.80. The fraction of sp³-hybridized carbons (Fsp3) is 0.562. The number of nitrogens with zero attached hydrogens (tertiary/aromatic N) is 1. The molecular weight excluding hydrogens is 241 g/mol. The molecule has 0 aromatic heterocycles. The van der Waals surface area contributed by atoms with Crippen molar-refractivity contribution in [2.75, 3.05) is 7.11 Å². The molecule has 1 rings (SSSR count). The van der Waals surface area contributed by atoms with Crippen LogP contribution in [0.4, 0.5) is 4.39 Å². The Labute approximate surface area is 116 Å². The first kappa shape index (κ1) is 17.4. The van der Waals surface area contributed by atoms with Crippen LogP contribution in [0.3, 0.4) is 0 Å². The van der Waals surface area contributed by atoms with E-state index in [1.54, 1.807) is 7.11 Å². The van der Waals surface area contributed by atoms with Gasteiger partial charge in [0.1, 0.15) is 11.6 Å². The quantitative estimate of drug-likeness (QED) is 0.784. The summed E-state index contributed by atoms with van der Waals surface area (Å²) in [7, 11) is 1.55. The van der Waals surface area contributed by atoms with E-state index in [2.05, 4.69) is 6.07 Å². The second kappa shape index (κ2) is 9.38. The standard InChI is InChI=1S/C14H18FNO.C2H6/c1-10(2)7-12-13(15)8-11(5-4-6-16)9-14(12)17-3;1-2/h8-10H,4-5,7H2,1-3H3;1-2H3. The monoisotopic (exact) mass is 265 g/mol. The summed E-state index contributed by atoms with van der Waals surface area (Å²) in [5, 5.41) is 8.52. The normalized spacial score (nSPS) is 9.58. The van der Waals surface area contributed by atoms with Crippen LogP contribution in [0, 0.1) is 23.1 Å². The maximum atomic E-state index is 13.9. The SMILES string of the molecule is CC.COc1cc(CCC#N)cc(F)c1CC(C)C. The highest BCUT2D eigenvalue weighted by Crippen LogP contribution is 2.26. The number of rotatable bonds is 5. The van der Waals surface area contributed by atoms with Crippen LogP contribution in [-0.4, -0.2) is 7.11 Å². The Morgan fingerprint density at radius 2 is 1.95 bits per heavy atom. The zero-order chi connectivity index (χ0) is 14.8. The number of nitriles is 1. The third kappa shape index (κ3) is 5.74. The minimum absolute atomic E-state index is 0.231. The maximum absolute atomic E-state index is 13.9. The minimum Gasteiger partial charge on any atom is -0.496 e. The molecule has 0 spiro atoms. The zero-order valence-corrected chi connectivity index (χ0v) is 12.6. The number of ether oxygens (including phenoxy) is 1. The smallest absolute Gasteiger partial charge is 0.130 e. The number of halogens is 1. The molecule has 3 heteroatoms. The molecule has 0 fully saturated rings. The van der Waals surface area contributed by atoms with E-state index in [4.69, 9.17) is 10.00 Å². The molecule has 0 aliphatic rings. The molecule has 106 valence electrons. The predicted octanol–water partition coefficient (Wildman–Crippen LogP) is 4.52. The second-order valence-electron chi connectivity index (χ2n) is 4.51. The summed E-state index contributed by atoms with van der Waals surface area (Å²) >= 11 is 0. The van der Waals surface area contributed by atoms with Crippen molar-refractivity contribution in [2.24, 2.45) is 5.92 Å². The van der Waals surface area contributed by atoms with Gasteiger partial charge in [-0.1, -0.05) is 27.7 Å². The van der Waals surface area contributed by atoms with Crippen molar-refractivity contribution in [2.45, 2.75) is 47.0 Å². The van der Waals surface area contributed by atoms with Crippen LogP contribution in [0.15, 0.2) is 12.1 Å². The van der Waals surface area contributed by atoms with Gasteiger partial charge in [0.25, 0.3) is 0 Å². The van der Waals surface area contributed by atoms with Gasteiger partial charge in [-0.3, -0.25) is 0 Å². The van der Waals surface area contributed by atoms with Gasteiger partial charge in [-0.05, 0) is 36.5 Å². The Morgan fingerprint density at radius 1 is 1.32 bits per heavy atom. The van der Waals surface area contributed by atoms with Gasteiger partial charge < -0.3 is 4.74 Å². The molecule has 0 aliphatic heterocycles. The lowest BCUT2D eigenvalue weighted by Crippen LogP contribution is -2.02. The summed E-state index contributed by atoms with van der Waals surface area (Å²) < 4.78 is 19.1. The third-order valence-corrected chi connectivity index (χ3v) is 2.57. The zero-order valence-electron chi connectivity index (χ0n) is 12.6. The summed E-state index contributed by atoms with van der Waals surface area (Å²) in [6, 6.07) is 5.40. The van der Waals surface area contributed by atoms with E-state index in [1.807, 2.05) is 33.8 Å². The number of methoxy groups -OCH3 is 1. The summed E-state index contributed by atoms with van der Waals surface area (Å²) in [5.41, 5.74) is 1.44. The van der Waals surface area contributed by atoms with Gasteiger partial charge in [0, 0.05) is 12.0 Å². The van der Waals surface area contributed by atoms with Crippen molar-refractivity contribution in [3.8, 4) is 11.8 Å². The molecule has 0 saturated carbocycles. The Balaban J connectivity index is 0.00000154. The van der Waals surface area contributed by atoms with Crippen LogP contribution < -0.4 is 4.74 Å². The van der Waals surface area contributed by atoms with Crippen LogP contribution in [-0.2, 0) is 12.8 Å². The van der Waals surface area contributed by atoms with Crippen molar-refractivity contribution in [3.05, 3.63) is 29.1 Å². The van der Waals surface area contributed by atoms with Crippen LogP contribution in [0.5, 0.6) is 5.75 Å². The molecule has 0 unspecified atom stereocenters. The minimum atomic E-state index is -0.231. The van der Waals surface area contributed by atoms with E-state index in [0.29, 0.717) is 36.5 Å². The van der Waals surface area contributed by atoms with Crippen molar-refractivity contribution in [1.29, 1.82) is 5.26 Å². The average molecular weight is 265 g/mol. The molecule has 0 aliphatic carbocycles. The summed E-state index contributed by atoms with van der Waals surface area (Å²) in [5.74, 6) is 0.737. The van der Waals surface area contributed by atoms with Gasteiger partial charge in [-0.2, -0.15) is 5.26 Å². The first-order valence-corrected chi connectivity index (χ1v) is 6.80. The lowest BCUT2D eigenvalue weighted by Gasteiger charge is -2.13. The van der Waals surface area contributed by atoms with Gasteiger partial charge in [0.05, 0.1) is 13.2 Å². The lowest BCUT2D eigenvalue weighted by molar-refractivity contribution is 0.400. The predicted molar refractivity (Wildman–Crippen MR) is 76.8 cm³/mol. The first-order valence-electron chi connectivity index (χ1n) is 6.80. The Morgan fingerprint density at radius 3 is 2.42 bits per heavy atom. The number of hydrogen-bond acceptors (Lipinski definition) is 2. The number of hydrogen-bond donors (Lipinski definition) is 0. The van der Waals surface area contributed by atoms with E-state index in [9.17, 15) is 4.39 Å². The second-order valence-corrected chi connectivity index (χ2v) is 4.51.